The first-order valence-corrected chi connectivity index (χ1v) is 10.9. The maximum Gasteiger partial charge on any atom is 0.246 e. The molecule has 162 valence electrons. The molecule has 0 fully saturated rings. The normalized spacial score (nSPS) is 14.7. The number of anilines is 1. The quantitative estimate of drug-likeness (QED) is 0.639. The number of hydrogen-bond acceptors (Lipinski definition) is 4. The summed E-state index contributed by atoms with van der Waals surface area (Å²) in [4.78, 5) is 15.2. The minimum atomic E-state index is -0.441. The number of rotatable bonds is 6. The minimum Gasteiger partial charge on any atom is -0.324 e. The molecule has 1 aliphatic heterocycles. The van der Waals surface area contributed by atoms with Gasteiger partial charge in [-0.15, -0.1) is 10.2 Å². The fourth-order valence-corrected chi connectivity index (χ4v) is 4.09. The third-order valence-corrected chi connectivity index (χ3v) is 5.89. The first kappa shape index (κ1) is 21.2. The van der Waals surface area contributed by atoms with Crippen LogP contribution in [0.1, 0.15) is 43.6 Å². The molecular weight excluding hydrogens is 393 g/mol. The number of fused-ring (bicyclic) bond motifs is 1. The van der Waals surface area contributed by atoms with E-state index in [1.54, 1.807) is 12.1 Å². The lowest BCUT2D eigenvalue weighted by Crippen LogP contribution is -2.34. The third kappa shape index (κ3) is 4.51. The largest absolute Gasteiger partial charge is 0.324 e. The van der Waals surface area contributed by atoms with Gasteiger partial charge in [0, 0.05) is 18.7 Å². The highest BCUT2D eigenvalue weighted by molar-refractivity contribution is 5.96. The lowest BCUT2D eigenvalue weighted by molar-refractivity contribution is -0.121. The van der Waals surface area contributed by atoms with E-state index in [4.69, 9.17) is 0 Å². The fourth-order valence-electron chi connectivity index (χ4n) is 4.09. The van der Waals surface area contributed by atoms with E-state index in [9.17, 15) is 9.18 Å². The zero-order valence-corrected chi connectivity index (χ0v) is 18.0. The van der Waals surface area contributed by atoms with Gasteiger partial charge < -0.3 is 9.88 Å². The van der Waals surface area contributed by atoms with E-state index < -0.39 is 6.04 Å². The van der Waals surface area contributed by atoms with Gasteiger partial charge in [-0.05, 0) is 50.2 Å². The van der Waals surface area contributed by atoms with E-state index in [0.29, 0.717) is 23.6 Å². The van der Waals surface area contributed by atoms with E-state index in [2.05, 4.69) is 15.5 Å². The standard InChI is InChI=1S/C24H28FN5O/c1-3-29(2)22(17-10-6-4-7-11-17)24(31)26-18-13-14-20(25)19(16-18)23-28-27-21-12-8-5-9-15-30(21)23/h4,6-7,10-11,13-14,16,22H,3,5,8-9,12,15H2,1-2H3,(H,26,31). The summed E-state index contributed by atoms with van der Waals surface area (Å²) in [5.74, 6) is 0.891. The summed E-state index contributed by atoms with van der Waals surface area (Å²) in [6.45, 7) is 3.51. The van der Waals surface area contributed by atoms with E-state index in [0.717, 1.165) is 43.6 Å². The smallest absolute Gasteiger partial charge is 0.246 e. The molecule has 0 radical (unpaired) electrons. The van der Waals surface area contributed by atoms with Crippen molar-refractivity contribution >= 4 is 11.6 Å². The number of amides is 1. The SMILES string of the molecule is CCN(C)C(C(=O)Nc1ccc(F)c(-c2nnc3n2CCCCC3)c1)c1ccccc1. The maximum absolute atomic E-state index is 14.7. The van der Waals surface area contributed by atoms with E-state index in [1.807, 2.05) is 53.8 Å². The Morgan fingerprint density at radius 3 is 2.74 bits per heavy atom. The summed E-state index contributed by atoms with van der Waals surface area (Å²) < 4.78 is 16.8. The van der Waals surface area contributed by atoms with Gasteiger partial charge in [0.05, 0.1) is 5.56 Å². The van der Waals surface area contributed by atoms with Crippen molar-refractivity contribution < 1.29 is 9.18 Å². The third-order valence-electron chi connectivity index (χ3n) is 5.89. The van der Waals surface area contributed by atoms with Gasteiger partial charge in [-0.25, -0.2) is 4.39 Å². The molecule has 0 bridgehead atoms. The molecule has 6 nitrogen and oxygen atoms in total. The van der Waals surface area contributed by atoms with Gasteiger partial charge in [0.2, 0.25) is 5.91 Å². The highest BCUT2D eigenvalue weighted by atomic mass is 19.1. The van der Waals surface area contributed by atoms with Gasteiger partial charge in [0.1, 0.15) is 17.7 Å². The summed E-state index contributed by atoms with van der Waals surface area (Å²) >= 11 is 0. The Morgan fingerprint density at radius 1 is 1.16 bits per heavy atom. The minimum absolute atomic E-state index is 0.159. The van der Waals surface area contributed by atoms with Crippen LogP contribution in [0, 0.1) is 5.82 Å². The first-order chi connectivity index (χ1) is 15.1. The van der Waals surface area contributed by atoms with Crippen molar-refractivity contribution in [1.82, 2.24) is 19.7 Å². The number of likely N-dealkylation sites (N-methyl/N-ethyl adjacent to an activating group) is 1. The van der Waals surface area contributed by atoms with Crippen molar-refractivity contribution in [2.75, 3.05) is 18.9 Å². The number of hydrogen-bond donors (Lipinski definition) is 1. The van der Waals surface area contributed by atoms with Gasteiger partial charge >= 0.3 is 0 Å². The average Bonchev–Trinajstić information content (AvgIpc) is 3.03. The van der Waals surface area contributed by atoms with Crippen LogP contribution in [0.25, 0.3) is 11.4 Å². The number of aromatic nitrogens is 3. The second-order valence-corrected chi connectivity index (χ2v) is 7.97. The highest BCUT2D eigenvalue weighted by Gasteiger charge is 2.25. The lowest BCUT2D eigenvalue weighted by Gasteiger charge is -2.26. The predicted molar refractivity (Wildman–Crippen MR) is 119 cm³/mol. The molecular formula is C24H28FN5O. The summed E-state index contributed by atoms with van der Waals surface area (Å²) in [6.07, 6.45) is 4.08. The predicted octanol–water partition coefficient (Wildman–Crippen LogP) is 4.44. The number of nitrogens with one attached hydrogen (secondary N) is 1. The van der Waals surface area contributed by atoms with Gasteiger partial charge in [0.25, 0.3) is 0 Å². The van der Waals surface area contributed by atoms with Crippen molar-refractivity contribution in [2.24, 2.45) is 0 Å². The number of halogens is 1. The molecule has 4 rings (SSSR count). The lowest BCUT2D eigenvalue weighted by atomic mass is 10.0. The molecule has 0 saturated carbocycles. The second kappa shape index (κ2) is 9.39. The Balaban J connectivity index is 1.63. The zero-order chi connectivity index (χ0) is 21.8. The monoisotopic (exact) mass is 421 g/mol. The molecule has 1 atom stereocenters. The molecule has 2 heterocycles. The van der Waals surface area contributed by atoms with Crippen molar-refractivity contribution in [1.29, 1.82) is 0 Å². The van der Waals surface area contributed by atoms with Crippen LogP contribution in [0.2, 0.25) is 0 Å². The van der Waals surface area contributed by atoms with Crippen molar-refractivity contribution in [3.63, 3.8) is 0 Å². The molecule has 1 aliphatic rings. The molecule has 3 aromatic rings. The number of nitrogens with zero attached hydrogens (tertiary/aromatic N) is 4. The summed E-state index contributed by atoms with van der Waals surface area (Å²) in [5.41, 5.74) is 1.81. The van der Waals surface area contributed by atoms with Gasteiger partial charge in [-0.3, -0.25) is 9.69 Å². The number of carbonyl (C=O) groups excluding carboxylic acids is 1. The number of benzene rings is 2. The van der Waals surface area contributed by atoms with Gasteiger partial charge in [-0.1, -0.05) is 43.7 Å². The Hall–Kier alpha value is -3.06. The Bertz CT molecular complexity index is 1050. The van der Waals surface area contributed by atoms with Crippen LogP contribution < -0.4 is 5.32 Å². The summed E-state index contributed by atoms with van der Waals surface area (Å²) in [5, 5.41) is 11.5. The highest BCUT2D eigenvalue weighted by Crippen LogP contribution is 2.28. The fraction of sp³-hybridized carbons (Fsp3) is 0.375. The molecule has 1 aromatic heterocycles. The van der Waals surface area contributed by atoms with Crippen LogP contribution in [0.3, 0.4) is 0 Å². The van der Waals surface area contributed by atoms with E-state index >= 15 is 0 Å². The molecule has 0 saturated heterocycles. The zero-order valence-electron chi connectivity index (χ0n) is 18.0. The van der Waals surface area contributed by atoms with E-state index in [1.165, 1.54) is 6.07 Å². The van der Waals surface area contributed by atoms with Crippen LogP contribution >= 0.6 is 0 Å². The molecule has 0 spiro atoms. The molecule has 1 N–H and O–H groups in total. The summed E-state index contributed by atoms with van der Waals surface area (Å²) in [6, 6.07) is 13.8. The van der Waals surface area contributed by atoms with Crippen LogP contribution in [-0.4, -0.2) is 39.2 Å². The molecule has 0 aliphatic carbocycles. The first-order valence-electron chi connectivity index (χ1n) is 10.9. The number of carbonyl (C=O) groups is 1. The number of aryl methyl sites for hydroxylation is 1. The van der Waals surface area contributed by atoms with Crippen LogP contribution in [0.15, 0.2) is 48.5 Å². The van der Waals surface area contributed by atoms with Crippen LogP contribution in [-0.2, 0) is 17.8 Å². The summed E-state index contributed by atoms with van der Waals surface area (Å²) in [7, 11) is 1.92. The van der Waals surface area contributed by atoms with Crippen molar-refractivity contribution in [2.45, 2.75) is 45.2 Å². The molecule has 31 heavy (non-hydrogen) atoms. The van der Waals surface area contributed by atoms with Gasteiger partial charge in [-0.2, -0.15) is 0 Å². The molecule has 2 aromatic carbocycles. The van der Waals surface area contributed by atoms with Crippen molar-refractivity contribution in [3.05, 3.63) is 65.7 Å². The van der Waals surface area contributed by atoms with Crippen LogP contribution in [0.5, 0.6) is 0 Å². The molecule has 1 unspecified atom stereocenters. The van der Waals surface area contributed by atoms with E-state index in [-0.39, 0.29) is 11.7 Å². The van der Waals surface area contributed by atoms with Gasteiger partial charge in [0.15, 0.2) is 5.82 Å². The van der Waals surface area contributed by atoms with Crippen LogP contribution in [0.4, 0.5) is 10.1 Å². The average molecular weight is 422 g/mol. The molecule has 1 amide bonds. The Kier molecular flexibility index (Phi) is 6.42. The topological polar surface area (TPSA) is 63.1 Å². The maximum atomic E-state index is 14.7. The van der Waals surface area contributed by atoms with Crippen molar-refractivity contribution in [3.8, 4) is 11.4 Å². The Morgan fingerprint density at radius 2 is 1.97 bits per heavy atom. The molecule has 7 heteroatoms. The second-order valence-electron chi connectivity index (χ2n) is 7.97. The Labute approximate surface area is 182 Å².